The second-order valence-electron chi connectivity index (χ2n) is 3.76. The lowest BCUT2D eigenvalue weighted by molar-refractivity contribution is 1.29. The fraction of sp³-hybridized carbons (Fsp3) is 0.0714. The molecule has 72 valence electrons. The molecule has 1 aromatic heterocycles. The van der Waals surface area contributed by atoms with Crippen molar-refractivity contribution in [1.82, 2.24) is 4.98 Å². The molecular weight excluding hydrogens is 182 g/mol. The summed E-state index contributed by atoms with van der Waals surface area (Å²) >= 11 is 0. The van der Waals surface area contributed by atoms with E-state index in [9.17, 15) is 0 Å². The van der Waals surface area contributed by atoms with E-state index in [1.54, 1.807) is 0 Å². The first kappa shape index (κ1) is 8.42. The maximum absolute atomic E-state index is 4.60. The van der Waals surface area contributed by atoms with Crippen LogP contribution in [0.25, 0.3) is 21.7 Å². The molecule has 0 radical (unpaired) electrons. The Balaban J connectivity index is 2.64. The largest absolute Gasteiger partial charge is 0.252 e. The summed E-state index contributed by atoms with van der Waals surface area (Å²) in [6.07, 6.45) is 0. The van der Waals surface area contributed by atoms with Crippen LogP contribution in [0.5, 0.6) is 0 Å². The van der Waals surface area contributed by atoms with Crippen LogP contribution < -0.4 is 0 Å². The standard InChI is InChI=1S/C14H11N/c1-10-11-6-2-3-7-12(11)13-8-4-5-9-14(13)15-10/h2-9H,1H3. The van der Waals surface area contributed by atoms with Gasteiger partial charge in [-0.25, -0.2) is 0 Å². The Bertz CT molecular complexity index is 641. The van der Waals surface area contributed by atoms with E-state index < -0.39 is 0 Å². The van der Waals surface area contributed by atoms with Gasteiger partial charge in [-0.2, -0.15) is 0 Å². The predicted molar refractivity (Wildman–Crippen MR) is 64.0 cm³/mol. The van der Waals surface area contributed by atoms with E-state index in [0.717, 1.165) is 11.2 Å². The Morgan fingerprint density at radius 1 is 0.733 bits per heavy atom. The number of rotatable bonds is 0. The maximum Gasteiger partial charge on any atom is 0.0711 e. The molecule has 0 atom stereocenters. The van der Waals surface area contributed by atoms with E-state index in [4.69, 9.17) is 0 Å². The van der Waals surface area contributed by atoms with Gasteiger partial charge >= 0.3 is 0 Å². The van der Waals surface area contributed by atoms with Gasteiger partial charge in [0.05, 0.1) is 5.52 Å². The van der Waals surface area contributed by atoms with E-state index in [-0.39, 0.29) is 0 Å². The first-order valence-electron chi connectivity index (χ1n) is 5.10. The third-order valence-corrected chi connectivity index (χ3v) is 2.80. The van der Waals surface area contributed by atoms with Gasteiger partial charge in [0.1, 0.15) is 0 Å². The molecule has 2 aromatic carbocycles. The summed E-state index contributed by atoms with van der Waals surface area (Å²) in [5, 5.41) is 3.77. The highest BCUT2D eigenvalue weighted by atomic mass is 14.7. The van der Waals surface area contributed by atoms with Gasteiger partial charge < -0.3 is 0 Å². The predicted octanol–water partition coefficient (Wildman–Crippen LogP) is 3.70. The molecule has 15 heavy (non-hydrogen) atoms. The number of aryl methyl sites for hydroxylation is 1. The number of hydrogen-bond donors (Lipinski definition) is 0. The number of benzene rings is 2. The molecule has 0 unspecified atom stereocenters. The van der Waals surface area contributed by atoms with Crippen molar-refractivity contribution in [1.29, 1.82) is 0 Å². The van der Waals surface area contributed by atoms with Crippen molar-refractivity contribution in [2.24, 2.45) is 0 Å². The summed E-state index contributed by atoms with van der Waals surface area (Å²) in [6, 6.07) is 16.7. The van der Waals surface area contributed by atoms with E-state index in [1.807, 2.05) is 6.07 Å². The SMILES string of the molecule is Cc1nc2ccccc2c2ccccc12. The normalized spacial score (nSPS) is 11.0. The number of para-hydroxylation sites is 1. The van der Waals surface area contributed by atoms with E-state index in [2.05, 4.69) is 54.4 Å². The Hall–Kier alpha value is -1.89. The third-order valence-electron chi connectivity index (χ3n) is 2.80. The summed E-state index contributed by atoms with van der Waals surface area (Å²) < 4.78 is 0. The molecular formula is C14H11N. The number of pyridine rings is 1. The summed E-state index contributed by atoms with van der Waals surface area (Å²) in [5.41, 5.74) is 2.18. The number of aromatic nitrogens is 1. The highest BCUT2D eigenvalue weighted by molar-refractivity contribution is 6.06. The second-order valence-corrected chi connectivity index (χ2v) is 3.76. The van der Waals surface area contributed by atoms with Crippen molar-refractivity contribution in [3.63, 3.8) is 0 Å². The van der Waals surface area contributed by atoms with Gasteiger partial charge in [-0.15, -0.1) is 0 Å². The first-order chi connectivity index (χ1) is 7.36. The highest BCUT2D eigenvalue weighted by Gasteiger charge is 2.02. The van der Waals surface area contributed by atoms with Gasteiger partial charge in [-0.1, -0.05) is 42.5 Å². The van der Waals surface area contributed by atoms with Crippen molar-refractivity contribution in [3.8, 4) is 0 Å². The van der Waals surface area contributed by atoms with Crippen molar-refractivity contribution in [2.45, 2.75) is 6.92 Å². The molecule has 1 heterocycles. The van der Waals surface area contributed by atoms with Gasteiger partial charge in [0, 0.05) is 16.5 Å². The van der Waals surface area contributed by atoms with E-state index in [1.165, 1.54) is 16.2 Å². The minimum absolute atomic E-state index is 1.08. The van der Waals surface area contributed by atoms with Crippen molar-refractivity contribution in [2.75, 3.05) is 0 Å². The van der Waals surface area contributed by atoms with Gasteiger partial charge in [-0.3, -0.25) is 4.98 Å². The zero-order valence-electron chi connectivity index (χ0n) is 8.57. The summed E-state index contributed by atoms with van der Waals surface area (Å²) in [4.78, 5) is 4.60. The molecule has 0 N–H and O–H groups in total. The minimum Gasteiger partial charge on any atom is -0.252 e. The fourth-order valence-electron chi connectivity index (χ4n) is 2.07. The van der Waals surface area contributed by atoms with E-state index >= 15 is 0 Å². The molecule has 0 aliphatic rings. The zero-order chi connectivity index (χ0) is 10.3. The minimum atomic E-state index is 1.08. The topological polar surface area (TPSA) is 12.9 Å². The van der Waals surface area contributed by atoms with Crippen LogP contribution in [-0.2, 0) is 0 Å². The van der Waals surface area contributed by atoms with Crippen LogP contribution in [0.3, 0.4) is 0 Å². The average molecular weight is 193 g/mol. The van der Waals surface area contributed by atoms with Crippen LogP contribution in [0.15, 0.2) is 48.5 Å². The van der Waals surface area contributed by atoms with Crippen LogP contribution in [0.4, 0.5) is 0 Å². The van der Waals surface area contributed by atoms with Crippen LogP contribution in [0.1, 0.15) is 5.69 Å². The van der Waals surface area contributed by atoms with Crippen molar-refractivity contribution < 1.29 is 0 Å². The molecule has 1 nitrogen and oxygen atoms in total. The number of nitrogens with zero attached hydrogens (tertiary/aromatic N) is 1. The highest BCUT2D eigenvalue weighted by Crippen LogP contribution is 2.25. The molecule has 0 fully saturated rings. The zero-order valence-corrected chi connectivity index (χ0v) is 8.57. The molecule has 0 spiro atoms. The smallest absolute Gasteiger partial charge is 0.0711 e. The average Bonchev–Trinajstić information content (AvgIpc) is 2.30. The Morgan fingerprint density at radius 3 is 2.13 bits per heavy atom. The molecule has 1 heteroatoms. The lowest BCUT2D eigenvalue weighted by atomic mass is 10.0. The Morgan fingerprint density at radius 2 is 1.33 bits per heavy atom. The third kappa shape index (κ3) is 1.20. The van der Waals surface area contributed by atoms with E-state index in [0.29, 0.717) is 0 Å². The first-order valence-corrected chi connectivity index (χ1v) is 5.10. The summed E-state index contributed by atoms with van der Waals surface area (Å²) in [6.45, 7) is 2.06. The molecule has 0 saturated carbocycles. The second kappa shape index (κ2) is 3.06. The van der Waals surface area contributed by atoms with Crippen LogP contribution >= 0.6 is 0 Å². The molecule has 0 aliphatic heterocycles. The number of hydrogen-bond acceptors (Lipinski definition) is 1. The lowest BCUT2D eigenvalue weighted by Gasteiger charge is -2.05. The molecule has 3 rings (SSSR count). The van der Waals surface area contributed by atoms with Crippen LogP contribution in [-0.4, -0.2) is 4.98 Å². The lowest BCUT2D eigenvalue weighted by Crippen LogP contribution is -1.86. The quantitative estimate of drug-likeness (QED) is 0.496. The molecule has 3 aromatic rings. The van der Waals surface area contributed by atoms with Gasteiger partial charge in [-0.05, 0) is 18.4 Å². The van der Waals surface area contributed by atoms with Gasteiger partial charge in [0.15, 0.2) is 0 Å². The Kier molecular flexibility index (Phi) is 1.72. The van der Waals surface area contributed by atoms with Crippen molar-refractivity contribution >= 4 is 21.7 Å². The van der Waals surface area contributed by atoms with Crippen molar-refractivity contribution in [3.05, 3.63) is 54.2 Å². The van der Waals surface area contributed by atoms with Gasteiger partial charge in [0.25, 0.3) is 0 Å². The number of fused-ring (bicyclic) bond motifs is 3. The molecule has 0 saturated heterocycles. The molecule has 0 bridgehead atoms. The van der Waals surface area contributed by atoms with Crippen LogP contribution in [0, 0.1) is 6.92 Å². The Labute approximate surface area is 88.4 Å². The summed E-state index contributed by atoms with van der Waals surface area (Å²) in [5.74, 6) is 0. The fourth-order valence-corrected chi connectivity index (χ4v) is 2.07. The van der Waals surface area contributed by atoms with Crippen LogP contribution in [0.2, 0.25) is 0 Å². The maximum atomic E-state index is 4.60. The summed E-state index contributed by atoms with van der Waals surface area (Å²) in [7, 11) is 0. The monoisotopic (exact) mass is 193 g/mol. The molecule has 0 amide bonds. The van der Waals surface area contributed by atoms with Gasteiger partial charge in [0.2, 0.25) is 0 Å². The molecule has 0 aliphatic carbocycles.